The van der Waals surface area contributed by atoms with Crippen LogP contribution in [-0.2, 0) is 6.54 Å². The number of hydrogen-bond donors (Lipinski definition) is 0. The third-order valence-electron chi connectivity index (χ3n) is 4.69. The van der Waals surface area contributed by atoms with Crippen molar-refractivity contribution in [1.29, 1.82) is 0 Å². The average Bonchev–Trinajstić information content (AvgIpc) is 3.35. The average molecular weight is 372 g/mol. The second kappa shape index (κ2) is 6.17. The highest BCUT2D eigenvalue weighted by Gasteiger charge is 2.20. The Kier molecular flexibility index (Phi) is 3.65. The van der Waals surface area contributed by atoms with Crippen molar-refractivity contribution in [1.82, 2.24) is 19.2 Å². The molecule has 132 valence electrons. The summed E-state index contributed by atoms with van der Waals surface area (Å²) >= 11 is 1.58. The maximum absolute atomic E-state index is 13.0. The van der Waals surface area contributed by atoms with E-state index in [0.717, 1.165) is 26.9 Å². The fourth-order valence-corrected chi connectivity index (χ4v) is 4.53. The molecule has 0 unspecified atom stereocenters. The van der Waals surface area contributed by atoms with Crippen molar-refractivity contribution in [2.45, 2.75) is 13.5 Å². The van der Waals surface area contributed by atoms with Crippen LogP contribution in [0.25, 0.3) is 38.4 Å². The van der Waals surface area contributed by atoms with E-state index in [-0.39, 0.29) is 5.69 Å². The third-order valence-corrected chi connectivity index (χ3v) is 5.69. The third kappa shape index (κ3) is 2.41. The van der Waals surface area contributed by atoms with Gasteiger partial charge in [-0.15, -0.1) is 16.4 Å². The van der Waals surface area contributed by atoms with Crippen molar-refractivity contribution in [3.63, 3.8) is 0 Å². The van der Waals surface area contributed by atoms with Crippen LogP contribution < -0.4 is 5.69 Å². The lowest BCUT2D eigenvalue weighted by Crippen LogP contribution is -2.26. The lowest BCUT2D eigenvalue weighted by atomic mass is 10.1. The fourth-order valence-electron chi connectivity index (χ4n) is 3.39. The molecule has 0 spiro atoms. The minimum absolute atomic E-state index is 0.156. The van der Waals surface area contributed by atoms with Gasteiger partial charge in [0.05, 0.1) is 5.39 Å². The van der Waals surface area contributed by atoms with Crippen molar-refractivity contribution in [2.24, 2.45) is 0 Å². The molecule has 5 aromatic rings. The monoisotopic (exact) mass is 372 g/mol. The molecule has 3 aromatic heterocycles. The Morgan fingerprint density at radius 2 is 1.63 bits per heavy atom. The first-order chi connectivity index (χ1) is 13.3. The normalized spacial score (nSPS) is 11.4. The van der Waals surface area contributed by atoms with E-state index in [0.29, 0.717) is 18.0 Å². The Morgan fingerprint density at radius 3 is 2.30 bits per heavy atom. The van der Waals surface area contributed by atoms with E-state index in [9.17, 15) is 4.79 Å². The van der Waals surface area contributed by atoms with Gasteiger partial charge in [-0.3, -0.25) is 4.57 Å². The number of aromatic nitrogens is 4. The topological polar surface area (TPSA) is 52.2 Å². The molecular weight excluding hydrogens is 356 g/mol. The van der Waals surface area contributed by atoms with E-state index in [4.69, 9.17) is 4.98 Å². The Hall–Kier alpha value is -3.25. The predicted molar refractivity (Wildman–Crippen MR) is 109 cm³/mol. The summed E-state index contributed by atoms with van der Waals surface area (Å²) in [7, 11) is 0. The summed E-state index contributed by atoms with van der Waals surface area (Å²) in [4.78, 5) is 18.7. The van der Waals surface area contributed by atoms with Crippen molar-refractivity contribution < 1.29 is 0 Å². The van der Waals surface area contributed by atoms with Gasteiger partial charge in [0, 0.05) is 23.1 Å². The fraction of sp³-hybridized carbons (Fsp3) is 0.0952. The molecule has 27 heavy (non-hydrogen) atoms. The van der Waals surface area contributed by atoms with Gasteiger partial charge >= 0.3 is 5.69 Å². The molecule has 0 saturated carbocycles. The minimum atomic E-state index is -0.156. The molecule has 0 aliphatic carbocycles. The van der Waals surface area contributed by atoms with Gasteiger partial charge in [0.15, 0.2) is 11.5 Å². The summed E-state index contributed by atoms with van der Waals surface area (Å²) in [6.45, 7) is 2.56. The molecular formula is C21H16N4OS. The van der Waals surface area contributed by atoms with Crippen molar-refractivity contribution in [2.75, 3.05) is 0 Å². The van der Waals surface area contributed by atoms with E-state index in [1.165, 1.54) is 4.52 Å². The van der Waals surface area contributed by atoms with Crippen LogP contribution in [-0.4, -0.2) is 19.2 Å². The molecule has 0 fully saturated rings. The summed E-state index contributed by atoms with van der Waals surface area (Å²) < 4.78 is 3.20. The largest absolute Gasteiger partial charge is 0.351 e. The quantitative estimate of drug-likeness (QED) is 0.470. The maximum Gasteiger partial charge on any atom is 0.351 e. The molecule has 6 heteroatoms. The van der Waals surface area contributed by atoms with Crippen molar-refractivity contribution in [3.8, 4) is 22.5 Å². The lowest BCUT2D eigenvalue weighted by Gasteiger charge is -2.06. The summed E-state index contributed by atoms with van der Waals surface area (Å²) in [6.07, 6.45) is 0. The Labute approximate surface area is 159 Å². The number of nitrogens with zero attached hydrogens (tertiary/aromatic N) is 4. The van der Waals surface area contributed by atoms with Gasteiger partial charge in [0.2, 0.25) is 0 Å². The maximum atomic E-state index is 13.0. The van der Waals surface area contributed by atoms with Crippen LogP contribution in [0.4, 0.5) is 0 Å². The molecule has 0 radical (unpaired) electrons. The molecule has 0 amide bonds. The van der Waals surface area contributed by atoms with E-state index in [1.54, 1.807) is 15.9 Å². The Bertz CT molecular complexity index is 1320. The number of benzene rings is 2. The highest BCUT2D eigenvalue weighted by molar-refractivity contribution is 7.17. The highest BCUT2D eigenvalue weighted by atomic mass is 32.1. The van der Waals surface area contributed by atoms with Gasteiger partial charge in [-0.25, -0.2) is 9.78 Å². The molecule has 3 heterocycles. The van der Waals surface area contributed by atoms with Crippen LogP contribution in [0.2, 0.25) is 0 Å². The molecule has 0 atom stereocenters. The van der Waals surface area contributed by atoms with Crippen LogP contribution in [0.1, 0.15) is 6.92 Å². The van der Waals surface area contributed by atoms with E-state index >= 15 is 0 Å². The smallest absolute Gasteiger partial charge is 0.283 e. The Morgan fingerprint density at radius 1 is 0.963 bits per heavy atom. The van der Waals surface area contributed by atoms with E-state index < -0.39 is 0 Å². The highest BCUT2D eigenvalue weighted by Crippen LogP contribution is 2.35. The lowest BCUT2D eigenvalue weighted by molar-refractivity contribution is 0.698. The van der Waals surface area contributed by atoms with Gasteiger partial charge < -0.3 is 0 Å². The minimum Gasteiger partial charge on any atom is -0.283 e. The van der Waals surface area contributed by atoms with Crippen LogP contribution in [0.5, 0.6) is 0 Å². The first-order valence-corrected chi connectivity index (χ1v) is 9.67. The second-order valence-electron chi connectivity index (χ2n) is 6.26. The van der Waals surface area contributed by atoms with Crippen LogP contribution >= 0.6 is 11.3 Å². The number of fused-ring (bicyclic) bond motifs is 3. The molecule has 2 aromatic carbocycles. The second-order valence-corrected chi connectivity index (χ2v) is 7.12. The Balaban J connectivity index is 1.91. The van der Waals surface area contributed by atoms with Gasteiger partial charge in [0.1, 0.15) is 4.83 Å². The molecule has 5 nitrogen and oxygen atoms in total. The number of thiophene rings is 1. The number of rotatable bonds is 3. The summed E-state index contributed by atoms with van der Waals surface area (Å²) in [5, 5.41) is 7.61. The molecule has 0 N–H and O–H groups in total. The first kappa shape index (κ1) is 16.0. The number of hydrogen-bond acceptors (Lipinski definition) is 4. The first-order valence-electron chi connectivity index (χ1n) is 8.79. The summed E-state index contributed by atoms with van der Waals surface area (Å²) in [6, 6.07) is 19.9. The zero-order valence-electron chi connectivity index (χ0n) is 14.7. The number of aryl methyl sites for hydroxylation is 1. The zero-order valence-corrected chi connectivity index (χ0v) is 15.5. The molecule has 0 bridgehead atoms. The summed E-state index contributed by atoms with van der Waals surface area (Å²) in [5.41, 5.74) is 3.54. The standard InChI is InChI=1S/C21H16N4OS/c1-2-24-20-17(16(13-27-20)14-9-5-3-6-10-14)19-22-18(23-25(19)21(24)26)15-11-7-4-8-12-15/h3-13H,2H2,1H3. The van der Waals surface area contributed by atoms with Crippen LogP contribution in [0.15, 0.2) is 70.8 Å². The van der Waals surface area contributed by atoms with Gasteiger partial charge in [0.25, 0.3) is 0 Å². The van der Waals surface area contributed by atoms with E-state index in [2.05, 4.69) is 22.6 Å². The summed E-state index contributed by atoms with van der Waals surface area (Å²) in [5.74, 6) is 0.563. The van der Waals surface area contributed by atoms with Crippen LogP contribution in [0.3, 0.4) is 0 Å². The van der Waals surface area contributed by atoms with Crippen molar-refractivity contribution in [3.05, 3.63) is 76.5 Å². The molecule has 0 aliphatic rings. The van der Waals surface area contributed by atoms with E-state index in [1.807, 2.05) is 55.5 Å². The predicted octanol–water partition coefficient (Wildman–Crippen LogP) is 4.46. The molecule has 5 rings (SSSR count). The molecule has 0 aliphatic heterocycles. The van der Waals surface area contributed by atoms with Gasteiger partial charge in [-0.1, -0.05) is 60.7 Å². The molecule has 0 saturated heterocycles. The van der Waals surface area contributed by atoms with Gasteiger partial charge in [-0.05, 0) is 12.5 Å². The van der Waals surface area contributed by atoms with Crippen molar-refractivity contribution >= 4 is 27.2 Å². The van der Waals surface area contributed by atoms with Crippen LogP contribution in [0, 0.1) is 0 Å². The zero-order chi connectivity index (χ0) is 18.4. The van der Waals surface area contributed by atoms with Gasteiger partial charge in [-0.2, -0.15) is 4.52 Å². The SMILES string of the molecule is CCn1c(=O)n2nc(-c3ccccc3)nc2c2c(-c3ccccc3)csc21.